The van der Waals surface area contributed by atoms with E-state index in [2.05, 4.69) is 0 Å². The van der Waals surface area contributed by atoms with Crippen molar-refractivity contribution in [2.45, 2.75) is 4.90 Å². The lowest BCUT2D eigenvalue weighted by atomic mass is 10.0. The largest absolute Gasteiger partial charge is 0.506 e. The Bertz CT molecular complexity index is 2660. The van der Waals surface area contributed by atoms with Gasteiger partial charge in [0.1, 0.15) is 16.4 Å². The molecule has 0 fully saturated rings. The van der Waals surface area contributed by atoms with Crippen molar-refractivity contribution in [3.63, 3.8) is 0 Å². The van der Waals surface area contributed by atoms with Crippen molar-refractivity contribution in [1.29, 1.82) is 0 Å². The maximum atomic E-state index is 12.0. The van der Waals surface area contributed by atoms with Gasteiger partial charge in [-0.2, -0.15) is 8.42 Å². The fourth-order valence-corrected chi connectivity index (χ4v) is 5.69. The first-order valence-corrected chi connectivity index (χ1v) is 19.8. The Hall–Kier alpha value is -8.61. The maximum Gasteiger partial charge on any atom is 0.296 e. The quantitative estimate of drug-likeness (QED) is 0.0314. The van der Waals surface area contributed by atoms with Crippen LogP contribution in [0.25, 0.3) is 0 Å². The zero-order valence-electron chi connectivity index (χ0n) is 34.1. The molecule has 0 atom stereocenters. The van der Waals surface area contributed by atoms with E-state index in [4.69, 9.17) is 71.7 Å². The highest BCUT2D eigenvalue weighted by atomic mass is 32.2. The van der Waals surface area contributed by atoms with Crippen LogP contribution in [0.15, 0.2) is 157 Å². The smallest absolute Gasteiger partial charge is 0.296 e. The molecular formula is C45H50N10O7S. The van der Waals surface area contributed by atoms with Crippen LogP contribution in [0.2, 0.25) is 0 Å². The molecule has 0 aromatic heterocycles. The van der Waals surface area contributed by atoms with E-state index in [1.165, 1.54) is 24.3 Å². The van der Waals surface area contributed by atoms with E-state index in [1.807, 2.05) is 0 Å². The van der Waals surface area contributed by atoms with Crippen LogP contribution in [0.1, 0.15) is 31.8 Å². The molecule has 0 saturated heterocycles. The summed E-state index contributed by atoms with van der Waals surface area (Å²) in [6.07, 6.45) is 0. The average Bonchev–Trinajstić information content (AvgIpc) is 3.23. The van der Waals surface area contributed by atoms with Crippen molar-refractivity contribution in [1.82, 2.24) is 0 Å². The summed E-state index contributed by atoms with van der Waals surface area (Å²) in [4.78, 5) is 23.7. The third-order valence-electron chi connectivity index (χ3n) is 8.26. The summed E-state index contributed by atoms with van der Waals surface area (Å²) in [5.41, 5.74) is 61.8. The fourth-order valence-electron chi connectivity index (χ4n) is 5.09. The summed E-state index contributed by atoms with van der Waals surface area (Å²) in [5, 5.41) is 8.86. The lowest BCUT2D eigenvalue weighted by Crippen LogP contribution is -2.03. The number of ether oxygens (including phenoxy) is 1. The molecule has 0 amide bonds. The van der Waals surface area contributed by atoms with Crippen molar-refractivity contribution in [3.8, 4) is 11.5 Å². The van der Waals surface area contributed by atoms with Gasteiger partial charge in [-0.3, -0.25) is 14.1 Å². The summed E-state index contributed by atoms with van der Waals surface area (Å²) in [6.45, 7) is 0. The van der Waals surface area contributed by atoms with Crippen LogP contribution < -0.4 is 62.1 Å². The lowest BCUT2D eigenvalue weighted by Gasteiger charge is -2.03. The predicted molar refractivity (Wildman–Crippen MR) is 254 cm³/mol. The summed E-state index contributed by atoms with van der Waals surface area (Å²) in [6, 6.07) is 41.0. The number of ketones is 2. The van der Waals surface area contributed by atoms with Crippen molar-refractivity contribution >= 4 is 78.6 Å². The number of methoxy groups -OCH3 is 1. The molecule has 0 unspecified atom stereocenters. The highest BCUT2D eigenvalue weighted by molar-refractivity contribution is 7.86. The molecule has 22 N–H and O–H groups in total. The second-order valence-electron chi connectivity index (χ2n) is 13.2. The van der Waals surface area contributed by atoms with Crippen LogP contribution >= 0.6 is 0 Å². The summed E-state index contributed by atoms with van der Waals surface area (Å²) in [7, 11) is -2.66. The molecule has 0 radical (unpaired) electrons. The van der Waals surface area contributed by atoms with Crippen LogP contribution in [0.3, 0.4) is 0 Å². The van der Waals surface area contributed by atoms with Gasteiger partial charge in [-0.15, -0.1) is 0 Å². The number of hydrogen-bond donors (Lipinski definition) is 12. The first kappa shape index (κ1) is 48.8. The Morgan fingerprint density at radius 2 is 0.794 bits per heavy atom. The second-order valence-corrected chi connectivity index (χ2v) is 14.6. The van der Waals surface area contributed by atoms with Gasteiger partial charge >= 0.3 is 0 Å². The van der Waals surface area contributed by atoms with E-state index in [0.717, 1.165) is 6.07 Å². The Morgan fingerprint density at radius 1 is 0.429 bits per heavy atom. The van der Waals surface area contributed by atoms with Crippen LogP contribution in [-0.2, 0) is 10.1 Å². The van der Waals surface area contributed by atoms with Gasteiger partial charge in [0, 0.05) is 62.1 Å². The second kappa shape index (κ2) is 22.7. The number of hydrogen-bond acceptors (Lipinski definition) is 16. The molecule has 0 aliphatic heterocycles. The van der Waals surface area contributed by atoms with Crippen molar-refractivity contribution in [3.05, 3.63) is 174 Å². The van der Waals surface area contributed by atoms with Gasteiger partial charge in [0.2, 0.25) is 0 Å². The van der Waals surface area contributed by atoms with E-state index in [1.54, 1.807) is 128 Å². The van der Waals surface area contributed by atoms with Crippen molar-refractivity contribution in [2.24, 2.45) is 0 Å². The molecule has 0 heterocycles. The fraction of sp³-hybridized carbons (Fsp3) is 0.0222. The standard InChI is InChI=1S/2C13H12N2O.C7H10N2O.C6H8N2O3S.C6H8N2O/c14-11-5-1-9(2-6-11)13(16)10-3-7-12(15)8-4-10;14-11-5-1-3-9(7-11)13(16)10-4-2-6-12(15)8-10;1-10-7-3-2-5(8)4-6(7)9;7-4-1-2-6(5(8)3-4)12(9,10)11;7-4-1-2-6(9)5(8)3-4/h2*1-8H,14-15H2;2-4H,8-9H2,1H3;1-3H,7-8H2,(H,9,10,11);1-3,9H,7-8H2. The number of phenols is 1. The Kier molecular flexibility index (Phi) is 17.5. The van der Waals surface area contributed by atoms with E-state index >= 15 is 0 Å². The summed E-state index contributed by atoms with van der Waals surface area (Å²) < 4.78 is 34.7. The molecule has 0 spiro atoms. The highest BCUT2D eigenvalue weighted by Crippen LogP contribution is 2.23. The average molecular weight is 875 g/mol. The van der Waals surface area contributed by atoms with E-state index in [9.17, 15) is 18.0 Å². The molecule has 7 aromatic carbocycles. The molecular weight excluding hydrogens is 825 g/mol. The van der Waals surface area contributed by atoms with Gasteiger partial charge in [0.25, 0.3) is 10.1 Å². The van der Waals surface area contributed by atoms with Crippen LogP contribution in [0, 0.1) is 0 Å². The molecule has 328 valence electrons. The number of nitrogens with two attached hydrogens (primary N) is 10. The number of rotatable bonds is 6. The number of benzene rings is 7. The first-order valence-electron chi connectivity index (χ1n) is 18.4. The molecule has 63 heavy (non-hydrogen) atoms. The topological polar surface area (TPSA) is 378 Å². The Labute approximate surface area is 364 Å². The molecule has 0 saturated carbocycles. The van der Waals surface area contributed by atoms with Gasteiger partial charge in [0.05, 0.1) is 24.2 Å². The zero-order valence-corrected chi connectivity index (χ0v) is 34.9. The van der Waals surface area contributed by atoms with Gasteiger partial charge in [-0.25, -0.2) is 0 Å². The Balaban J connectivity index is 0.000000214. The van der Waals surface area contributed by atoms with Crippen molar-refractivity contribution < 1.29 is 32.4 Å². The third kappa shape index (κ3) is 15.8. The van der Waals surface area contributed by atoms with E-state index in [-0.39, 0.29) is 27.9 Å². The molecule has 0 aliphatic rings. The number of carbonyl (C=O) groups is 2. The van der Waals surface area contributed by atoms with Gasteiger partial charge in [0.15, 0.2) is 11.6 Å². The Morgan fingerprint density at radius 3 is 1.16 bits per heavy atom. The normalized spacial score (nSPS) is 10.1. The zero-order chi connectivity index (χ0) is 46.9. The SMILES string of the molecule is COc1ccc(N)cc1N.Nc1ccc(C(=O)c2ccc(N)cc2)cc1.Nc1ccc(O)c(N)c1.Nc1ccc(S(=O)(=O)O)c(N)c1.Nc1cccc(C(=O)c2cccc(N)c2)c1. The lowest BCUT2D eigenvalue weighted by molar-refractivity contribution is 0.103. The number of carbonyl (C=O) groups excluding carboxylic acids is 2. The minimum atomic E-state index is -4.23. The van der Waals surface area contributed by atoms with Gasteiger partial charge in [-0.1, -0.05) is 24.3 Å². The number of aromatic hydroxyl groups is 1. The minimum Gasteiger partial charge on any atom is -0.506 e. The molecule has 7 rings (SSSR count). The predicted octanol–water partition coefficient (Wildman–Crippen LogP) is 5.68. The van der Waals surface area contributed by atoms with Crippen LogP contribution in [0.4, 0.5) is 56.9 Å². The molecule has 18 heteroatoms. The monoisotopic (exact) mass is 874 g/mol. The number of anilines is 10. The van der Waals surface area contributed by atoms with Gasteiger partial charge in [-0.05, 0) is 127 Å². The first-order chi connectivity index (χ1) is 29.7. The van der Waals surface area contributed by atoms with Crippen LogP contribution in [-0.4, -0.2) is 36.8 Å². The van der Waals surface area contributed by atoms with E-state index in [0.29, 0.717) is 79.2 Å². The molecule has 17 nitrogen and oxygen atoms in total. The molecule has 0 aliphatic carbocycles. The molecule has 0 bridgehead atoms. The summed E-state index contributed by atoms with van der Waals surface area (Å²) >= 11 is 0. The maximum absolute atomic E-state index is 12.0. The van der Waals surface area contributed by atoms with E-state index < -0.39 is 10.1 Å². The highest BCUT2D eigenvalue weighted by Gasteiger charge is 2.13. The number of nitrogen functional groups attached to an aromatic ring is 10. The van der Waals surface area contributed by atoms with Crippen LogP contribution in [0.5, 0.6) is 11.5 Å². The third-order valence-corrected chi connectivity index (χ3v) is 9.19. The van der Waals surface area contributed by atoms with Gasteiger partial charge < -0.3 is 67.2 Å². The number of phenolic OH excluding ortho intramolecular Hbond substituents is 1. The summed E-state index contributed by atoms with van der Waals surface area (Å²) in [5.74, 6) is 0.637. The minimum absolute atomic E-state index is 0.0278. The molecule has 7 aromatic rings. The van der Waals surface area contributed by atoms with Crippen molar-refractivity contribution in [2.75, 3.05) is 64.4 Å².